The fourth-order valence-corrected chi connectivity index (χ4v) is 1.23. The van der Waals surface area contributed by atoms with Crippen molar-refractivity contribution in [2.45, 2.75) is 0 Å². The Kier molecular flexibility index (Phi) is 1.24. The maximum absolute atomic E-state index is 11.2. The number of hydrogen-bond acceptors (Lipinski definition) is 3. The van der Waals surface area contributed by atoms with Crippen LogP contribution in [0, 0.1) is 0 Å². The summed E-state index contributed by atoms with van der Waals surface area (Å²) in [5.41, 5.74) is 1.03. The molecule has 0 bridgehead atoms. The van der Waals surface area contributed by atoms with Crippen LogP contribution in [0.3, 0.4) is 0 Å². The van der Waals surface area contributed by atoms with Crippen molar-refractivity contribution in [1.29, 1.82) is 0 Å². The van der Waals surface area contributed by atoms with Crippen LogP contribution in [-0.4, -0.2) is 23.7 Å². The Morgan fingerprint density at radius 1 is 1.42 bits per heavy atom. The number of anilines is 1. The average molecular weight is 162 g/mol. The van der Waals surface area contributed by atoms with Crippen LogP contribution in [0.25, 0.3) is 0 Å². The van der Waals surface area contributed by atoms with Crippen molar-refractivity contribution in [2.75, 3.05) is 11.9 Å². The van der Waals surface area contributed by atoms with Gasteiger partial charge in [0.25, 0.3) is 11.7 Å². The molecule has 2 rings (SSSR count). The summed E-state index contributed by atoms with van der Waals surface area (Å²) < 4.78 is 0. The molecule has 0 radical (unpaired) electrons. The second-order valence-corrected chi connectivity index (χ2v) is 2.59. The standard InChI is InChI=1S/C8H6N2O2/c1-10-6-2-3-9-4-5(6)7(11)8(10)12/h2-4H,1H3. The molecule has 2 heterocycles. The third-order valence-corrected chi connectivity index (χ3v) is 1.90. The molecule has 60 valence electrons. The number of amides is 1. The van der Waals surface area contributed by atoms with Crippen molar-refractivity contribution in [3.05, 3.63) is 24.0 Å². The highest BCUT2D eigenvalue weighted by molar-refractivity contribution is 6.52. The summed E-state index contributed by atoms with van der Waals surface area (Å²) in [6.45, 7) is 0. The fraction of sp³-hybridized carbons (Fsp3) is 0.125. The smallest absolute Gasteiger partial charge is 0.299 e. The second-order valence-electron chi connectivity index (χ2n) is 2.59. The van der Waals surface area contributed by atoms with E-state index in [0.29, 0.717) is 11.3 Å². The van der Waals surface area contributed by atoms with E-state index in [2.05, 4.69) is 4.98 Å². The number of pyridine rings is 1. The minimum absolute atomic E-state index is 0.394. The molecule has 4 heteroatoms. The molecule has 0 fully saturated rings. The lowest BCUT2D eigenvalue weighted by Crippen LogP contribution is -2.24. The van der Waals surface area contributed by atoms with Crippen LogP contribution in [0.5, 0.6) is 0 Å². The molecule has 0 unspecified atom stereocenters. The molecule has 1 aromatic heterocycles. The van der Waals surface area contributed by atoms with Gasteiger partial charge in [0.05, 0.1) is 11.3 Å². The van der Waals surface area contributed by atoms with Crippen LogP contribution in [0.1, 0.15) is 10.4 Å². The first-order chi connectivity index (χ1) is 5.72. The van der Waals surface area contributed by atoms with Gasteiger partial charge in [0.1, 0.15) is 0 Å². The number of aromatic nitrogens is 1. The molecule has 0 N–H and O–H groups in total. The predicted octanol–water partition coefficient (Wildman–Crippen LogP) is 0.241. The Hall–Kier alpha value is -1.71. The zero-order valence-corrected chi connectivity index (χ0v) is 6.44. The first kappa shape index (κ1) is 6.97. The lowest BCUT2D eigenvalue weighted by Gasteiger charge is -2.06. The summed E-state index contributed by atoms with van der Waals surface area (Å²) in [7, 11) is 1.58. The number of ketones is 1. The largest absolute Gasteiger partial charge is 0.308 e. The number of likely N-dealkylation sites (N-methyl/N-ethyl adjacent to an activating group) is 1. The zero-order chi connectivity index (χ0) is 8.72. The van der Waals surface area contributed by atoms with Gasteiger partial charge in [0, 0.05) is 19.4 Å². The summed E-state index contributed by atoms with van der Waals surface area (Å²) in [6.07, 6.45) is 2.97. The molecule has 0 spiro atoms. The third kappa shape index (κ3) is 0.689. The molecular formula is C8H6N2O2. The molecule has 0 saturated carbocycles. The molecule has 12 heavy (non-hydrogen) atoms. The fourth-order valence-electron chi connectivity index (χ4n) is 1.23. The van der Waals surface area contributed by atoms with Crippen LogP contribution in [0.4, 0.5) is 5.69 Å². The van der Waals surface area contributed by atoms with Gasteiger partial charge in [-0.25, -0.2) is 0 Å². The van der Waals surface area contributed by atoms with Crippen LogP contribution in [0.2, 0.25) is 0 Å². The molecular weight excluding hydrogens is 156 g/mol. The van der Waals surface area contributed by atoms with Crippen LogP contribution >= 0.6 is 0 Å². The predicted molar refractivity (Wildman–Crippen MR) is 42.0 cm³/mol. The van der Waals surface area contributed by atoms with Gasteiger partial charge in [-0.2, -0.15) is 0 Å². The van der Waals surface area contributed by atoms with Crippen molar-refractivity contribution in [2.24, 2.45) is 0 Å². The number of rotatable bonds is 0. The van der Waals surface area contributed by atoms with Gasteiger partial charge in [0.2, 0.25) is 0 Å². The molecule has 1 aromatic rings. The molecule has 0 saturated heterocycles. The number of Topliss-reactive ketones (excluding diaryl/α,β-unsaturated/α-hetero) is 1. The van der Waals surface area contributed by atoms with Gasteiger partial charge < -0.3 is 4.90 Å². The molecule has 1 aliphatic rings. The molecule has 1 aliphatic heterocycles. The Labute approximate surface area is 68.8 Å². The lowest BCUT2D eigenvalue weighted by molar-refractivity contribution is -0.114. The van der Waals surface area contributed by atoms with Gasteiger partial charge in [0.15, 0.2) is 0 Å². The molecule has 0 atom stereocenters. The average Bonchev–Trinajstić information content (AvgIpc) is 2.33. The highest BCUT2D eigenvalue weighted by Crippen LogP contribution is 2.25. The Morgan fingerprint density at radius 2 is 2.17 bits per heavy atom. The number of carbonyl (C=O) groups excluding carboxylic acids is 2. The topological polar surface area (TPSA) is 50.3 Å². The summed E-state index contributed by atoms with van der Waals surface area (Å²) in [6, 6.07) is 1.65. The van der Waals surface area contributed by atoms with Crippen LogP contribution < -0.4 is 4.90 Å². The van der Waals surface area contributed by atoms with Gasteiger partial charge in [-0.1, -0.05) is 0 Å². The van der Waals surface area contributed by atoms with Crippen molar-refractivity contribution >= 4 is 17.4 Å². The molecule has 4 nitrogen and oxygen atoms in total. The Morgan fingerprint density at radius 3 is 2.83 bits per heavy atom. The van der Waals surface area contributed by atoms with E-state index in [-0.39, 0.29) is 0 Å². The number of carbonyl (C=O) groups is 2. The van der Waals surface area contributed by atoms with E-state index >= 15 is 0 Å². The molecule has 0 aliphatic carbocycles. The third-order valence-electron chi connectivity index (χ3n) is 1.90. The van der Waals surface area contributed by atoms with E-state index in [9.17, 15) is 9.59 Å². The van der Waals surface area contributed by atoms with Gasteiger partial charge in [-0.15, -0.1) is 0 Å². The van der Waals surface area contributed by atoms with Crippen LogP contribution in [0.15, 0.2) is 18.5 Å². The van der Waals surface area contributed by atoms with E-state index in [0.717, 1.165) is 0 Å². The van der Waals surface area contributed by atoms with Gasteiger partial charge in [-0.3, -0.25) is 14.6 Å². The maximum atomic E-state index is 11.2. The number of hydrogen-bond donors (Lipinski definition) is 0. The van der Waals surface area contributed by atoms with E-state index in [1.54, 1.807) is 19.3 Å². The van der Waals surface area contributed by atoms with Crippen molar-refractivity contribution < 1.29 is 9.59 Å². The maximum Gasteiger partial charge on any atom is 0.299 e. The van der Waals surface area contributed by atoms with Crippen molar-refractivity contribution in [1.82, 2.24) is 4.98 Å². The normalized spacial score (nSPS) is 15.2. The summed E-state index contributed by atoms with van der Waals surface area (Å²) in [5, 5.41) is 0. The van der Waals surface area contributed by atoms with Crippen molar-refractivity contribution in [3.63, 3.8) is 0 Å². The minimum Gasteiger partial charge on any atom is -0.308 e. The molecule has 1 amide bonds. The Bertz CT molecular complexity index is 373. The zero-order valence-electron chi connectivity index (χ0n) is 6.44. The first-order valence-corrected chi connectivity index (χ1v) is 3.48. The number of nitrogens with zero attached hydrogens (tertiary/aromatic N) is 2. The summed E-state index contributed by atoms with van der Waals surface area (Å²) in [5.74, 6) is -0.960. The summed E-state index contributed by atoms with van der Waals surface area (Å²) in [4.78, 5) is 27.4. The van der Waals surface area contributed by atoms with Crippen molar-refractivity contribution in [3.8, 4) is 0 Å². The second kappa shape index (κ2) is 2.14. The quantitative estimate of drug-likeness (QED) is 0.513. The summed E-state index contributed by atoms with van der Waals surface area (Å²) >= 11 is 0. The highest BCUT2D eigenvalue weighted by Gasteiger charge is 2.32. The Balaban J connectivity index is 2.67. The minimum atomic E-state index is -0.488. The van der Waals surface area contributed by atoms with Gasteiger partial charge in [-0.05, 0) is 6.07 Å². The SMILES string of the molecule is CN1C(=O)C(=O)c2cnccc21. The molecule has 0 aromatic carbocycles. The van der Waals surface area contributed by atoms with E-state index in [4.69, 9.17) is 0 Å². The lowest BCUT2D eigenvalue weighted by atomic mass is 10.2. The van der Waals surface area contributed by atoms with E-state index in [1.165, 1.54) is 11.1 Å². The monoisotopic (exact) mass is 162 g/mol. The van der Waals surface area contributed by atoms with Crippen LogP contribution in [-0.2, 0) is 4.79 Å². The number of fused-ring (bicyclic) bond motifs is 1. The first-order valence-electron chi connectivity index (χ1n) is 3.48. The van der Waals surface area contributed by atoms with Gasteiger partial charge >= 0.3 is 0 Å². The van der Waals surface area contributed by atoms with E-state index < -0.39 is 11.7 Å². The highest BCUT2D eigenvalue weighted by atomic mass is 16.2. The van der Waals surface area contributed by atoms with E-state index in [1.807, 2.05) is 0 Å².